The highest BCUT2D eigenvalue weighted by Crippen LogP contribution is 2.49. The molecule has 3 N–H and O–H groups in total. The molecule has 32 heavy (non-hydrogen) atoms. The Morgan fingerprint density at radius 1 is 1.34 bits per heavy atom. The molecule has 5 rings (SSSR count). The first kappa shape index (κ1) is 22.7. The second-order valence-electron chi connectivity index (χ2n) is 8.10. The van der Waals surface area contributed by atoms with Crippen molar-refractivity contribution in [3.8, 4) is 16.2 Å². The van der Waals surface area contributed by atoms with Crippen LogP contribution in [0.3, 0.4) is 0 Å². The molecule has 1 atom stereocenters. The lowest BCUT2D eigenvalue weighted by atomic mass is 9.91. The summed E-state index contributed by atoms with van der Waals surface area (Å²) in [7, 11) is 1.48. The van der Waals surface area contributed by atoms with Crippen LogP contribution in [0, 0.1) is 0 Å². The minimum absolute atomic E-state index is 0. The topological polar surface area (TPSA) is 94.6 Å². The number of rotatable bonds is 4. The Hall–Kier alpha value is -2.49. The number of aromatic nitrogens is 1. The van der Waals surface area contributed by atoms with Gasteiger partial charge in [0, 0.05) is 34.0 Å². The Bertz CT molecular complexity index is 1300. The monoisotopic (exact) mass is 482 g/mol. The summed E-state index contributed by atoms with van der Waals surface area (Å²) < 4.78 is 35.7. The molecule has 3 aromatic rings. The molecule has 1 aromatic carbocycles. The molecule has 0 amide bonds. The molecule has 0 spiro atoms. The van der Waals surface area contributed by atoms with Crippen molar-refractivity contribution in [2.75, 3.05) is 7.11 Å². The van der Waals surface area contributed by atoms with Gasteiger partial charge in [-0.2, -0.15) is 0 Å². The molecule has 2 aromatic heterocycles. The molecule has 6 nitrogen and oxygen atoms in total. The zero-order valence-electron chi connectivity index (χ0n) is 17.1. The quantitative estimate of drug-likeness (QED) is 0.558. The zero-order valence-corrected chi connectivity index (χ0v) is 18.7. The largest absolute Gasteiger partial charge is 0.494 e. The molecule has 170 valence electrons. The van der Waals surface area contributed by atoms with Crippen molar-refractivity contribution in [1.82, 2.24) is 4.57 Å². The van der Waals surface area contributed by atoms with Gasteiger partial charge in [-0.15, -0.1) is 23.7 Å². The number of hydrogen-bond donors (Lipinski definition) is 2. The maximum atomic E-state index is 14.1. The van der Waals surface area contributed by atoms with Gasteiger partial charge in [0.15, 0.2) is 5.75 Å². The Kier molecular flexibility index (Phi) is 5.55. The number of fused-ring (bicyclic) bond motifs is 2. The molecule has 1 saturated carbocycles. The van der Waals surface area contributed by atoms with Crippen LogP contribution in [0.1, 0.15) is 52.1 Å². The van der Waals surface area contributed by atoms with Crippen LogP contribution < -0.4 is 15.9 Å². The smallest absolute Gasteiger partial charge is 0.341 e. The minimum Gasteiger partial charge on any atom is -0.494 e. The van der Waals surface area contributed by atoms with Crippen molar-refractivity contribution in [2.24, 2.45) is 5.73 Å². The number of aryl methyl sites for hydroxylation is 1. The zero-order chi connectivity index (χ0) is 22.1. The van der Waals surface area contributed by atoms with Crippen LogP contribution in [0.4, 0.5) is 8.78 Å². The summed E-state index contributed by atoms with van der Waals surface area (Å²) in [5.41, 5.74) is 6.99. The fourth-order valence-electron chi connectivity index (χ4n) is 4.29. The fourth-order valence-corrected chi connectivity index (χ4v) is 5.59. The van der Waals surface area contributed by atoms with Gasteiger partial charge in [-0.05, 0) is 43.0 Å². The van der Waals surface area contributed by atoms with Crippen LogP contribution in [-0.4, -0.2) is 28.7 Å². The van der Waals surface area contributed by atoms with Crippen molar-refractivity contribution in [1.29, 1.82) is 0 Å². The highest BCUT2D eigenvalue weighted by atomic mass is 35.5. The van der Waals surface area contributed by atoms with E-state index >= 15 is 0 Å². The van der Waals surface area contributed by atoms with E-state index in [1.165, 1.54) is 24.6 Å². The summed E-state index contributed by atoms with van der Waals surface area (Å²) >= 11 is 1.21. The van der Waals surface area contributed by atoms with E-state index in [0.717, 1.165) is 23.3 Å². The standard InChI is InChI=1S/C22H20F2N2O4S.ClH/c1-30-18-12(15-8-10-6-7-22(23,24)20(25)19(10)31-15)4-5-13-16(18)26(11-2-3-11)9-14(17(13)27)21(28)29;/h4-5,8-9,11,20H,2-3,6-7,25H2,1H3,(H,28,29);1H. The second kappa shape index (κ2) is 7.83. The summed E-state index contributed by atoms with van der Waals surface area (Å²) in [5, 5.41) is 9.72. The van der Waals surface area contributed by atoms with Crippen molar-refractivity contribution in [3.63, 3.8) is 0 Å². The van der Waals surface area contributed by atoms with Crippen LogP contribution in [0.25, 0.3) is 21.3 Å². The number of hydrogen-bond acceptors (Lipinski definition) is 5. The van der Waals surface area contributed by atoms with Crippen LogP contribution in [0.5, 0.6) is 5.75 Å². The first-order chi connectivity index (χ1) is 14.7. The lowest BCUT2D eigenvalue weighted by molar-refractivity contribution is -0.0385. The van der Waals surface area contributed by atoms with E-state index in [4.69, 9.17) is 10.5 Å². The van der Waals surface area contributed by atoms with E-state index in [0.29, 0.717) is 21.7 Å². The number of thiophene rings is 1. The van der Waals surface area contributed by atoms with Crippen molar-refractivity contribution >= 4 is 40.6 Å². The average Bonchev–Trinajstić information content (AvgIpc) is 3.48. The molecule has 2 heterocycles. The van der Waals surface area contributed by atoms with E-state index in [2.05, 4.69) is 0 Å². The van der Waals surface area contributed by atoms with Gasteiger partial charge in [-0.1, -0.05) is 0 Å². The molecule has 1 unspecified atom stereocenters. The third-order valence-corrected chi connectivity index (χ3v) is 7.39. The molecule has 0 saturated heterocycles. The van der Waals surface area contributed by atoms with Gasteiger partial charge in [-0.3, -0.25) is 4.79 Å². The number of carboxylic acids is 1. The Labute approximate surface area is 192 Å². The van der Waals surface area contributed by atoms with Crippen molar-refractivity contribution in [2.45, 2.75) is 43.7 Å². The van der Waals surface area contributed by atoms with Gasteiger partial charge in [0.1, 0.15) is 11.6 Å². The summed E-state index contributed by atoms with van der Waals surface area (Å²) in [6.07, 6.45) is 3.10. The number of aromatic carboxylic acids is 1. The molecule has 10 heteroatoms. The molecule has 2 aliphatic rings. The molecule has 1 fully saturated rings. The SMILES string of the molecule is COc1c(-c2cc3c(s2)C(N)C(F)(F)CC3)ccc2c(=O)c(C(=O)O)cn(C3CC3)c12.Cl. The van der Waals surface area contributed by atoms with Gasteiger partial charge in [-0.25, -0.2) is 13.6 Å². The summed E-state index contributed by atoms with van der Waals surface area (Å²) in [6, 6.07) is 3.89. The maximum Gasteiger partial charge on any atom is 0.341 e. The lowest BCUT2D eigenvalue weighted by Crippen LogP contribution is -2.36. The number of nitrogens with zero attached hydrogens (tertiary/aromatic N) is 1. The van der Waals surface area contributed by atoms with Crippen molar-refractivity contribution in [3.05, 3.63) is 50.6 Å². The number of halogens is 3. The van der Waals surface area contributed by atoms with E-state index in [9.17, 15) is 23.5 Å². The minimum atomic E-state index is -2.94. The third-order valence-electron chi connectivity index (χ3n) is 6.09. The summed E-state index contributed by atoms with van der Waals surface area (Å²) in [6.45, 7) is 0. The average molecular weight is 483 g/mol. The third kappa shape index (κ3) is 3.39. The van der Waals surface area contributed by atoms with Gasteiger partial charge in [0.2, 0.25) is 5.43 Å². The number of pyridine rings is 1. The number of benzene rings is 1. The van der Waals surface area contributed by atoms with Crippen LogP contribution in [0.2, 0.25) is 0 Å². The number of alkyl halides is 2. The first-order valence-electron chi connectivity index (χ1n) is 9.98. The molecule has 0 aliphatic heterocycles. The Balaban J connectivity index is 0.00000245. The van der Waals surface area contributed by atoms with Gasteiger partial charge in [0.25, 0.3) is 5.92 Å². The van der Waals surface area contributed by atoms with E-state index in [1.54, 1.807) is 16.7 Å². The normalized spacial score (nSPS) is 19.3. The number of methoxy groups -OCH3 is 1. The number of carboxylic acid groups (broad SMARTS) is 1. The highest BCUT2D eigenvalue weighted by Gasteiger charge is 2.43. The molecule has 0 bridgehead atoms. The predicted octanol–water partition coefficient (Wildman–Crippen LogP) is 4.77. The summed E-state index contributed by atoms with van der Waals surface area (Å²) in [5.74, 6) is -3.79. The van der Waals surface area contributed by atoms with Crippen LogP contribution in [0.15, 0.2) is 29.2 Å². The highest BCUT2D eigenvalue weighted by molar-refractivity contribution is 7.15. The Morgan fingerprint density at radius 3 is 2.69 bits per heavy atom. The van der Waals surface area contributed by atoms with Gasteiger partial charge < -0.3 is 20.1 Å². The molecular formula is C22H21ClF2N2O4S. The van der Waals surface area contributed by atoms with E-state index in [1.807, 2.05) is 6.07 Å². The lowest BCUT2D eigenvalue weighted by Gasteiger charge is -2.28. The van der Waals surface area contributed by atoms with Crippen LogP contribution >= 0.6 is 23.7 Å². The number of ether oxygens (including phenoxy) is 1. The van der Waals surface area contributed by atoms with Crippen LogP contribution in [-0.2, 0) is 6.42 Å². The Morgan fingerprint density at radius 2 is 2.06 bits per heavy atom. The predicted molar refractivity (Wildman–Crippen MR) is 121 cm³/mol. The van der Waals surface area contributed by atoms with Crippen molar-refractivity contribution < 1.29 is 23.4 Å². The number of carbonyl (C=O) groups is 1. The first-order valence-corrected chi connectivity index (χ1v) is 10.8. The fraction of sp³-hybridized carbons (Fsp3) is 0.364. The van der Waals surface area contributed by atoms with E-state index < -0.39 is 23.4 Å². The maximum absolute atomic E-state index is 14.1. The van der Waals surface area contributed by atoms with Gasteiger partial charge in [0.05, 0.1) is 18.0 Å². The second-order valence-corrected chi connectivity index (χ2v) is 9.18. The van der Waals surface area contributed by atoms with Gasteiger partial charge >= 0.3 is 5.97 Å². The molecule has 2 aliphatic carbocycles. The van der Waals surface area contributed by atoms with E-state index in [-0.39, 0.29) is 42.2 Å². The molecular weight excluding hydrogens is 462 g/mol. The summed E-state index contributed by atoms with van der Waals surface area (Å²) in [4.78, 5) is 25.6. The molecule has 0 radical (unpaired) electrons. The number of nitrogens with two attached hydrogens (primary N) is 1.